The largest absolute Gasteiger partial charge is 0.491 e. The van der Waals surface area contributed by atoms with Crippen LogP contribution in [0.15, 0.2) is 24.3 Å². The Bertz CT molecular complexity index is 277. The molecule has 0 spiro atoms. The van der Waals surface area contributed by atoms with Crippen LogP contribution in [0.3, 0.4) is 0 Å². The predicted molar refractivity (Wildman–Crippen MR) is 62.3 cm³/mol. The lowest BCUT2D eigenvalue weighted by molar-refractivity contribution is 0.122. The highest BCUT2D eigenvalue weighted by Gasteiger charge is 2.03. The third kappa shape index (κ3) is 3.92. The number of rotatable bonds is 5. The Morgan fingerprint density at radius 3 is 2.27 bits per heavy atom. The normalized spacial score (nSPS) is 14.7. The molecular weight excluding hydrogens is 188 g/mol. The summed E-state index contributed by atoms with van der Waals surface area (Å²) in [4.78, 5) is 0. The molecule has 0 saturated heterocycles. The van der Waals surface area contributed by atoms with Crippen LogP contribution in [-0.2, 0) is 0 Å². The molecule has 1 aromatic carbocycles. The van der Waals surface area contributed by atoms with Crippen LogP contribution >= 0.6 is 0 Å². The van der Waals surface area contributed by atoms with Crippen molar-refractivity contribution in [3.05, 3.63) is 29.8 Å². The molecule has 0 unspecified atom stereocenters. The van der Waals surface area contributed by atoms with Crippen LogP contribution in [-0.4, -0.2) is 17.8 Å². The molecule has 84 valence electrons. The maximum absolute atomic E-state index is 9.07. The Morgan fingerprint density at radius 2 is 1.80 bits per heavy atom. The minimum Gasteiger partial charge on any atom is -0.491 e. The second-order valence-electron chi connectivity index (χ2n) is 4.04. The molecule has 0 bridgehead atoms. The molecule has 0 aliphatic rings. The first kappa shape index (κ1) is 12.1. The molecule has 0 radical (unpaired) electrons. The summed E-state index contributed by atoms with van der Waals surface area (Å²) in [5.41, 5.74) is 1.34. The van der Waals surface area contributed by atoms with Crippen molar-refractivity contribution in [1.82, 2.24) is 0 Å². The number of aliphatic hydroxyl groups is 1. The van der Waals surface area contributed by atoms with E-state index < -0.39 is 6.10 Å². The highest BCUT2D eigenvalue weighted by molar-refractivity contribution is 5.29. The molecule has 1 aromatic rings. The fourth-order valence-corrected chi connectivity index (χ4v) is 1.35. The van der Waals surface area contributed by atoms with E-state index in [0.717, 1.165) is 12.2 Å². The molecule has 2 nitrogen and oxygen atoms in total. The summed E-state index contributed by atoms with van der Waals surface area (Å²) >= 11 is 0. The topological polar surface area (TPSA) is 29.5 Å². The molecule has 2 atom stereocenters. The lowest BCUT2D eigenvalue weighted by Crippen LogP contribution is -2.12. The van der Waals surface area contributed by atoms with Crippen molar-refractivity contribution in [1.29, 1.82) is 0 Å². The highest BCUT2D eigenvalue weighted by Crippen LogP contribution is 2.21. The Morgan fingerprint density at radius 1 is 1.20 bits per heavy atom. The summed E-state index contributed by atoms with van der Waals surface area (Å²) in [6, 6.07) is 8.10. The molecule has 0 saturated carbocycles. The van der Waals surface area contributed by atoms with Gasteiger partial charge in [-0.1, -0.05) is 26.0 Å². The number of benzene rings is 1. The molecule has 1 rings (SSSR count). The minimum absolute atomic E-state index is 0.350. The van der Waals surface area contributed by atoms with Crippen LogP contribution in [0.4, 0.5) is 0 Å². The SMILES string of the molecule is CC[C@H](C)c1ccc(OC[C@@H](C)O)cc1. The zero-order chi connectivity index (χ0) is 11.3. The van der Waals surface area contributed by atoms with Gasteiger partial charge in [-0.2, -0.15) is 0 Å². The Hall–Kier alpha value is -1.02. The summed E-state index contributed by atoms with van der Waals surface area (Å²) in [5, 5.41) is 9.07. The van der Waals surface area contributed by atoms with Crippen LogP contribution in [0, 0.1) is 0 Å². The molecule has 0 fully saturated rings. The quantitative estimate of drug-likeness (QED) is 0.806. The van der Waals surface area contributed by atoms with Crippen molar-refractivity contribution in [3.63, 3.8) is 0 Å². The van der Waals surface area contributed by atoms with Crippen LogP contribution in [0.5, 0.6) is 5.75 Å². The summed E-state index contributed by atoms with van der Waals surface area (Å²) in [5.74, 6) is 1.42. The summed E-state index contributed by atoms with van der Waals surface area (Å²) in [6.07, 6.45) is 0.729. The molecule has 0 aliphatic heterocycles. The first-order chi connectivity index (χ1) is 7.13. The second-order valence-corrected chi connectivity index (χ2v) is 4.04. The third-order valence-corrected chi connectivity index (χ3v) is 2.55. The van der Waals surface area contributed by atoms with Crippen LogP contribution in [0.25, 0.3) is 0 Å². The fraction of sp³-hybridized carbons (Fsp3) is 0.538. The molecule has 0 heterocycles. The van der Waals surface area contributed by atoms with Gasteiger partial charge in [0.15, 0.2) is 0 Å². The van der Waals surface area contributed by atoms with E-state index in [4.69, 9.17) is 9.84 Å². The van der Waals surface area contributed by atoms with Gasteiger partial charge in [0.1, 0.15) is 12.4 Å². The summed E-state index contributed by atoms with van der Waals surface area (Å²) in [6.45, 7) is 6.46. The third-order valence-electron chi connectivity index (χ3n) is 2.55. The number of hydrogen-bond donors (Lipinski definition) is 1. The number of ether oxygens (including phenoxy) is 1. The zero-order valence-electron chi connectivity index (χ0n) is 9.73. The first-order valence-electron chi connectivity index (χ1n) is 5.54. The first-order valence-corrected chi connectivity index (χ1v) is 5.54. The van der Waals surface area contributed by atoms with E-state index in [1.165, 1.54) is 5.56 Å². The van der Waals surface area contributed by atoms with Crippen LogP contribution in [0.2, 0.25) is 0 Å². The van der Waals surface area contributed by atoms with Crippen molar-refractivity contribution >= 4 is 0 Å². The van der Waals surface area contributed by atoms with E-state index >= 15 is 0 Å². The summed E-state index contributed by atoms with van der Waals surface area (Å²) < 4.78 is 5.39. The van der Waals surface area contributed by atoms with Gasteiger partial charge < -0.3 is 9.84 Å². The highest BCUT2D eigenvalue weighted by atomic mass is 16.5. The van der Waals surface area contributed by atoms with Crippen LogP contribution in [0.1, 0.15) is 38.7 Å². The maximum Gasteiger partial charge on any atom is 0.119 e. The second kappa shape index (κ2) is 5.76. The maximum atomic E-state index is 9.07. The smallest absolute Gasteiger partial charge is 0.119 e. The van der Waals surface area contributed by atoms with Crippen molar-refractivity contribution in [3.8, 4) is 5.75 Å². The van der Waals surface area contributed by atoms with Gasteiger partial charge in [0.05, 0.1) is 6.10 Å². The lowest BCUT2D eigenvalue weighted by atomic mass is 9.99. The molecular formula is C13H20O2. The average molecular weight is 208 g/mol. The van der Waals surface area contributed by atoms with Gasteiger partial charge in [0.2, 0.25) is 0 Å². The van der Waals surface area contributed by atoms with Crippen LogP contribution < -0.4 is 4.74 Å². The molecule has 0 aromatic heterocycles. The Kier molecular flexibility index (Phi) is 4.63. The molecule has 1 N–H and O–H groups in total. The van der Waals surface area contributed by atoms with Gasteiger partial charge >= 0.3 is 0 Å². The number of aliphatic hydroxyl groups excluding tert-OH is 1. The molecule has 2 heteroatoms. The van der Waals surface area contributed by atoms with Crippen molar-refractivity contribution in [2.45, 2.75) is 39.2 Å². The van der Waals surface area contributed by atoms with Crippen molar-refractivity contribution in [2.24, 2.45) is 0 Å². The van der Waals surface area contributed by atoms with E-state index in [1.807, 2.05) is 12.1 Å². The van der Waals surface area contributed by atoms with Gasteiger partial charge in [-0.05, 0) is 37.0 Å². The Balaban J connectivity index is 2.56. The Labute approximate surface area is 91.9 Å². The molecule has 0 aliphatic carbocycles. The molecule has 15 heavy (non-hydrogen) atoms. The van der Waals surface area contributed by atoms with Gasteiger partial charge in [-0.3, -0.25) is 0 Å². The molecule has 0 amide bonds. The minimum atomic E-state index is -0.417. The van der Waals surface area contributed by atoms with Gasteiger partial charge in [-0.15, -0.1) is 0 Å². The lowest BCUT2D eigenvalue weighted by Gasteiger charge is -2.11. The summed E-state index contributed by atoms with van der Waals surface area (Å²) in [7, 11) is 0. The monoisotopic (exact) mass is 208 g/mol. The van der Waals surface area contributed by atoms with Gasteiger partial charge in [-0.25, -0.2) is 0 Å². The fourth-order valence-electron chi connectivity index (χ4n) is 1.35. The van der Waals surface area contributed by atoms with E-state index in [1.54, 1.807) is 6.92 Å². The van der Waals surface area contributed by atoms with E-state index in [-0.39, 0.29) is 0 Å². The zero-order valence-corrected chi connectivity index (χ0v) is 9.73. The average Bonchev–Trinajstić information content (AvgIpc) is 2.26. The van der Waals surface area contributed by atoms with E-state index in [2.05, 4.69) is 26.0 Å². The van der Waals surface area contributed by atoms with E-state index in [9.17, 15) is 0 Å². The number of hydrogen-bond acceptors (Lipinski definition) is 2. The standard InChI is InChI=1S/C13H20O2/c1-4-10(2)12-5-7-13(8-6-12)15-9-11(3)14/h5-8,10-11,14H,4,9H2,1-3H3/t10-,11+/m0/s1. The predicted octanol–water partition coefficient (Wildman–Crippen LogP) is 2.96. The van der Waals surface area contributed by atoms with Crippen molar-refractivity contribution in [2.75, 3.05) is 6.61 Å². The van der Waals surface area contributed by atoms with Gasteiger partial charge in [0.25, 0.3) is 0 Å². The van der Waals surface area contributed by atoms with Gasteiger partial charge in [0, 0.05) is 0 Å². The van der Waals surface area contributed by atoms with Crippen molar-refractivity contribution < 1.29 is 9.84 Å². The van der Waals surface area contributed by atoms with E-state index in [0.29, 0.717) is 12.5 Å².